The summed E-state index contributed by atoms with van der Waals surface area (Å²) in [5, 5.41) is 9.82. The maximum atomic E-state index is 13.2. The first-order chi connectivity index (χ1) is 6.59. The summed E-state index contributed by atoms with van der Waals surface area (Å²) in [5.74, 6) is -0.737. The van der Waals surface area contributed by atoms with E-state index < -0.39 is 11.4 Å². The van der Waals surface area contributed by atoms with Gasteiger partial charge < -0.3 is 10.1 Å². The Labute approximate surface area is 78.8 Å². The zero-order chi connectivity index (χ0) is 10.3. The second-order valence-corrected chi connectivity index (χ2v) is 3.13. The predicted octanol–water partition coefficient (Wildman–Crippen LogP) is 1.68. The molecule has 0 radical (unpaired) electrons. The number of nitrogens with one attached hydrogen (secondary N) is 1. The Morgan fingerprint density at radius 1 is 1.43 bits per heavy atom. The van der Waals surface area contributed by atoms with E-state index in [1.807, 2.05) is 0 Å². The van der Waals surface area contributed by atoms with Crippen LogP contribution in [0.2, 0.25) is 0 Å². The number of pyridine rings is 1. The molecule has 72 valence electrons. The molecule has 14 heavy (non-hydrogen) atoms. The molecule has 0 atom stereocenters. The summed E-state index contributed by atoms with van der Waals surface area (Å²) >= 11 is 0. The lowest BCUT2D eigenvalue weighted by atomic mass is 10.1. The highest BCUT2D eigenvalue weighted by atomic mass is 19.1. The number of aryl methyl sites for hydroxylation is 1. The molecule has 0 aliphatic rings. The number of fused-ring (bicyclic) bond motifs is 1. The summed E-state index contributed by atoms with van der Waals surface area (Å²) in [5.41, 5.74) is 0.254. The van der Waals surface area contributed by atoms with Crippen LogP contribution in [0, 0.1) is 12.7 Å². The second-order valence-electron chi connectivity index (χ2n) is 3.13. The molecular formula is C10H8FNO2. The summed E-state index contributed by atoms with van der Waals surface area (Å²) in [4.78, 5) is 13.3. The van der Waals surface area contributed by atoms with Crippen LogP contribution < -0.4 is 5.56 Å². The molecule has 1 aromatic heterocycles. The first-order valence-electron chi connectivity index (χ1n) is 4.10. The van der Waals surface area contributed by atoms with Crippen molar-refractivity contribution in [2.75, 3.05) is 0 Å². The highest BCUT2D eigenvalue weighted by Gasteiger charge is 2.08. The average Bonchev–Trinajstić information content (AvgIpc) is 2.10. The van der Waals surface area contributed by atoms with Crippen LogP contribution in [-0.4, -0.2) is 10.1 Å². The smallest absolute Gasteiger partial charge is 0.252 e. The minimum atomic E-state index is -0.543. The lowest BCUT2D eigenvalue weighted by molar-refractivity contribution is 0.480. The Hall–Kier alpha value is -1.84. The minimum Gasteiger partial charge on any atom is -0.507 e. The van der Waals surface area contributed by atoms with Gasteiger partial charge in [0.15, 0.2) is 0 Å². The van der Waals surface area contributed by atoms with Crippen LogP contribution >= 0.6 is 0 Å². The number of aromatic hydroxyl groups is 1. The largest absolute Gasteiger partial charge is 0.507 e. The Morgan fingerprint density at radius 2 is 2.14 bits per heavy atom. The molecule has 0 aliphatic carbocycles. The van der Waals surface area contributed by atoms with Crippen LogP contribution in [0.4, 0.5) is 4.39 Å². The van der Waals surface area contributed by atoms with Gasteiger partial charge in [0, 0.05) is 11.5 Å². The van der Waals surface area contributed by atoms with Crippen LogP contribution in [0.25, 0.3) is 10.9 Å². The molecular weight excluding hydrogens is 185 g/mol. The zero-order valence-electron chi connectivity index (χ0n) is 7.47. The van der Waals surface area contributed by atoms with Gasteiger partial charge in [0.25, 0.3) is 5.56 Å². The van der Waals surface area contributed by atoms with Gasteiger partial charge in [-0.05, 0) is 18.6 Å². The SMILES string of the molecule is Cc1ccc(F)c2[nH]c(=O)cc(O)c12. The molecule has 0 saturated heterocycles. The number of hydrogen-bond acceptors (Lipinski definition) is 2. The van der Waals surface area contributed by atoms with E-state index in [1.54, 1.807) is 13.0 Å². The number of halogens is 1. The van der Waals surface area contributed by atoms with Crippen molar-refractivity contribution in [2.45, 2.75) is 6.92 Å². The number of H-pyrrole nitrogens is 1. The summed E-state index contributed by atoms with van der Waals surface area (Å²) in [6.07, 6.45) is 0. The molecule has 2 aromatic rings. The van der Waals surface area contributed by atoms with E-state index in [0.717, 1.165) is 11.6 Å². The van der Waals surface area contributed by atoms with Crippen molar-refractivity contribution in [3.8, 4) is 5.75 Å². The molecule has 0 unspecified atom stereocenters. The predicted molar refractivity (Wildman–Crippen MR) is 50.9 cm³/mol. The van der Waals surface area contributed by atoms with E-state index in [2.05, 4.69) is 4.98 Å². The molecule has 1 heterocycles. The van der Waals surface area contributed by atoms with Gasteiger partial charge in [-0.2, -0.15) is 0 Å². The van der Waals surface area contributed by atoms with E-state index in [1.165, 1.54) is 6.07 Å². The van der Waals surface area contributed by atoms with Crippen molar-refractivity contribution >= 4 is 10.9 Å². The standard InChI is InChI=1S/C10H8FNO2/c1-5-2-3-6(11)10-9(5)7(13)4-8(14)12-10/h2-4H,1H3,(H2,12,13,14). The summed E-state index contributed by atoms with van der Waals surface area (Å²) in [6, 6.07) is 3.84. The highest BCUT2D eigenvalue weighted by Crippen LogP contribution is 2.25. The third kappa shape index (κ3) is 1.16. The first-order valence-corrected chi connectivity index (χ1v) is 4.10. The van der Waals surface area contributed by atoms with Crippen LogP contribution in [0.3, 0.4) is 0 Å². The van der Waals surface area contributed by atoms with E-state index in [4.69, 9.17) is 0 Å². The highest BCUT2D eigenvalue weighted by molar-refractivity contribution is 5.88. The van der Waals surface area contributed by atoms with Crippen molar-refractivity contribution in [3.05, 3.63) is 39.9 Å². The molecule has 2 rings (SSSR count). The number of hydrogen-bond donors (Lipinski definition) is 2. The fourth-order valence-electron chi connectivity index (χ4n) is 1.49. The van der Waals surface area contributed by atoms with Crippen LogP contribution in [0.5, 0.6) is 5.75 Å². The van der Waals surface area contributed by atoms with Crippen molar-refractivity contribution < 1.29 is 9.50 Å². The quantitative estimate of drug-likeness (QED) is 0.668. The number of benzene rings is 1. The van der Waals surface area contributed by atoms with E-state index >= 15 is 0 Å². The second kappa shape index (κ2) is 2.83. The third-order valence-corrected chi connectivity index (χ3v) is 2.13. The molecule has 3 nitrogen and oxygen atoms in total. The molecule has 1 aromatic carbocycles. The normalized spacial score (nSPS) is 10.7. The zero-order valence-corrected chi connectivity index (χ0v) is 7.47. The van der Waals surface area contributed by atoms with Gasteiger partial charge in [-0.1, -0.05) is 6.07 Å². The van der Waals surface area contributed by atoms with Crippen molar-refractivity contribution in [2.24, 2.45) is 0 Å². The minimum absolute atomic E-state index is 0.0509. The Morgan fingerprint density at radius 3 is 2.86 bits per heavy atom. The molecule has 0 aliphatic heterocycles. The number of aromatic nitrogens is 1. The Kier molecular flexibility index (Phi) is 1.77. The molecule has 0 bridgehead atoms. The van der Waals surface area contributed by atoms with Crippen molar-refractivity contribution in [3.63, 3.8) is 0 Å². The van der Waals surface area contributed by atoms with Crippen molar-refractivity contribution in [1.29, 1.82) is 0 Å². The Balaban J connectivity index is 3.07. The topological polar surface area (TPSA) is 53.1 Å². The first kappa shape index (κ1) is 8.74. The van der Waals surface area contributed by atoms with E-state index in [9.17, 15) is 14.3 Å². The Bertz CT molecular complexity index is 560. The molecule has 4 heteroatoms. The summed E-state index contributed by atoms with van der Waals surface area (Å²) in [7, 11) is 0. The maximum Gasteiger partial charge on any atom is 0.252 e. The average molecular weight is 193 g/mol. The number of rotatable bonds is 0. The van der Waals surface area contributed by atoms with Gasteiger partial charge in [-0.25, -0.2) is 4.39 Å². The van der Waals surface area contributed by atoms with Gasteiger partial charge in [-0.3, -0.25) is 4.79 Å². The van der Waals surface area contributed by atoms with Gasteiger partial charge >= 0.3 is 0 Å². The molecule has 2 N–H and O–H groups in total. The van der Waals surface area contributed by atoms with Crippen LogP contribution in [0.1, 0.15) is 5.56 Å². The monoisotopic (exact) mass is 193 g/mol. The lowest BCUT2D eigenvalue weighted by Gasteiger charge is -2.04. The van der Waals surface area contributed by atoms with Gasteiger partial charge in [-0.15, -0.1) is 0 Å². The third-order valence-electron chi connectivity index (χ3n) is 2.13. The van der Waals surface area contributed by atoms with Crippen molar-refractivity contribution in [1.82, 2.24) is 4.98 Å². The summed E-state index contributed by atoms with van der Waals surface area (Å²) in [6.45, 7) is 1.74. The van der Waals surface area contributed by atoms with Crippen LogP contribution in [-0.2, 0) is 0 Å². The van der Waals surface area contributed by atoms with Gasteiger partial charge in [0.2, 0.25) is 0 Å². The van der Waals surface area contributed by atoms with E-state index in [0.29, 0.717) is 5.39 Å². The van der Waals surface area contributed by atoms with Crippen LogP contribution in [0.15, 0.2) is 23.0 Å². The fraction of sp³-hybridized carbons (Fsp3) is 0.100. The lowest BCUT2D eigenvalue weighted by Crippen LogP contribution is -2.04. The summed E-state index contributed by atoms with van der Waals surface area (Å²) < 4.78 is 13.2. The van der Waals surface area contributed by atoms with Gasteiger partial charge in [0.05, 0.1) is 5.52 Å². The molecule has 0 amide bonds. The maximum absolute atomic E-state index is 13.2. The van der Waals surface area contributed by atoms with E-state index in [-0.39, 0.29) is 11.3 Å². The molecule has 0 saturated carbocycles. The fourth-order valence-corrected chi connectivity index (χ4v) is 1.49. The van der Waals surface area contributed by atoms with Gasteiger partial charge in [0.1, 0.15) is 11.6 Å². The molecule has 0 fully saturated rings. The molecule has 0 spiro atoms. The number of aromatic amines is 1.